The number of carbonyl (C=O) groups is 2. The van der Waals surface area contributed by atoms with E-state index in [0.29, 0.717) is 24.5 Å². The van der Waals surface area contributed by atoms with Crippen molar-refractivity contribution in [1.82, 2.24) is 4.90 Å². The summed E-state index contributed by atoms with van der Waals surface area (Å²) in [6, 6.07) is 10.3. The monoisotopic (exact) mass is 443 g/mol. The standard InChI is InChI=1S/C24H26ClNO5/c1-3-5-6-12-26-21(15-8-7-9-16(27)13-15)20(23(29)24(26)30)22(28)18-14-17(31-4-2)10-11-19(18)25/h7-11,13-14,21,27-28H,3-6,12H2,1-2H3/b22-20+. The molecule has 7 heteroatoms. The maximum atomic E-state index is 13.0. The molecule has 0 aromatic heterocycles. The number of ketones is 1. The summed E-state index contributed by atoms with van der Waals surface area (Å²) in [6.07, 6.45) is 2.58. The lowest BCUT2D eigenvalue weighted by Crippen LogP contribution is -2.30. The zero-order chi connectivity index (χ0) is 22.5. The fraction of sp³-hybridized carbons (Fsp3) is 0.333. The summed E-state index contributed by atoms with van der Waals surface area (Å²) in [5.41, 5.74) is 0.696. The SMILES string of the molecule is CCCCCN1C(=O)C(=O)/C(=C(/O)c2cc(OCC)ccc2Cl)C1c1cccc(O)c1. The molecule has 2 aromatic carbocycles. The number of hydrogen-bond acceptors (Lipinski definition) is 5. The Hall–Kier alpha value is -2.99. The van der Waals surface area contributed by atoms with E-state index in [4.69, 9.17) is 16.3 Å². The predicted octanol–water partition coefficient (Wildman–Crippen LogP) is 5.06. The van der Waals surface area contributed by atoms with E-state index in [2.05, 4.69) is 0 Å². The quantitative estimate of drug-likeness (QED) is 0.258. The number of phenols is 1. The van der Waals surface area contributed by atoms with Crippen LogP contribution < -0.4 is 4.74 Å². The molecule has 0 radical (unpaired) electrons. The number of aliphatic hydroxyl groups excluding tert-OH is 1. The number of nitrogens with zero attached hydrogens (tertiary/aromatic N) is 1. The summed E-state index contributed by atoms with van der Waals surface area (Å²) in [5.74, 6) is -1.33. The van der Waals surface area contributed by atoms with Crippen LogP contribution in [0, 0.1) is 0 Å². The molecule has 0 bridgehead atoms. The number of unbranched alkanes of at least 4 members (excludes halogenated alkanes) is 2. The number of likely N-dealkylation sites (tertiary alicyclic amines) is 1. The molecule has 1 saturated heterocycles. The molecule has 1 aliphatic heterocycles. The predicted molar refractivity (Wildman–Crippen MR) is 119 cm³/mol. The van der Waals surface area contributed by atoms with Gasteiger partial charge in [-0.1, -0.05) is 43.5 Å². The highest BCUT2D eigenvalue weighted by molar-refractivity contribution is 6.47. The Labute approximate surface area is 186 Å². The van der Waals surface area contributed by atoms with Gasteiger partial charge in [-0.15, -0.1) is 0 Å². The van der Waals surface area contributed by atoms with E-state index in [9.17, 15) is 19.8 Å². The largest absolute Gasteiger partial charge is 0.508 e. The smallest absolute Gasteiger partial charge is 0.295 e. The van der Waals surface area contributed by atoms with Gasteiger partial charge in [0, 0.05) is 12.1 Å². The molecular weight excluding hydrogens is 418 g/mol. The molecule has 31 heavy (non-hydrogen) atoms. The molecule has 164 valence electrons. The van der Waals surface area contributed by atoms with Crippen LogP contribution in [0.1, 0.15) is 50.3 Å². The van der Waals surface area contributed by atoms with Crippen molar-refractivity contribution in [3.8, 4) is 11.5 Å². The zero-order valence-electron chi connectivity index (χ0n) is 17.6. The lowest BCUT2D eigenvalue weighted by molar-refractivity contribution is -0.139. The highest BCUT2D eigenvalue weighted by atomic mass is 35.5. The van der Waals surface area contributed by atoms with Crippen LogP contribution in [0.25, 0.3) is 5.76 Å². The van der Waals surface area contributed by atoms with Gasteiger partial charge in [0.15, 0.2) is 0 Å². The first-order valence-corrected chi connectivity index (χ1v) is 10.8. The number of Topliss-reactive ketones (excluding diaryl/α,β-unsaturated/α-hetero) is 1. The zero-order valence-corrected chi connectivity index (χ0v) is 18.4. The van der Waals surface area contributed by atoms with Gasteiger partial charge in [-0.3, -0.25) is 9.59 Å². The van der Waals surface area contributed by atoms with E-state index in [-0.39, 0.29) is 27.7 Å². The molecule has 1 unspecified atom stereocenters. The second-order valence-electron chi connectivity index (χ2n) is 7.37. The maximum Gasteiger partial charge on any atom is 0.295 e. The van der Waals surface area contributed by atoms with Crippen molar-refractivity contribution >= 4 is 29.1 Å². The summed E-state index contributed by atoms with van der Waals surface area (Å²) in [4.78, 5) is 27.3. The van der Waals surface area contributed by atoms with Crippen LogP contribution in [-0.4, -0.2) is 40.0 Å². The van der Waals surface area contributed by atoms with Gasteiger partial charge >= 0.3 is 0 Å². The van der Waals surface area contributed by atoms with E-state index < -0.39 is 17.7 Å². The summed E-state index contributed by atoms with van der Waals surface area (Å²) < 4.78 is 5.49. The first-order chi connectivity index (χ1) is 14.9. The molecule has 2 N–H and O–H groups in total. The minimum absolute atomic E-state index is 0.00743. The normalized spacial score (nSPS) is 17.9. The summed E-state index contributed by atoms with van der Waals surface area (Å²) in [6.45, 7) is 4.67. The third-order valence-corrected chi connectivity index (χ3v) is 5.56. The Morgan fingerprint density at radius 2 is 1.90 bits per heavy atom. The van der Waals surface area contributed by atoms with Crippen LogP contribution in [0.4, 0.5) is 0 Å². The van der Waals surface area contributed by atoms with Gasteiger partial charge in [-0.25, -0.2) is 0 Å². The first kappa shape index (κ1) is 22.7. The van der Waals surface area contributed by atoms with E-state index in [1.807, 2.05) is 13.8 Å². The van der Waals surface area contributed by atoms with Gasteiger partial charge in [0.05, 0.1) is 23.2 Å². The second-order valence-corrected chi connectivity index (χ2v) is 7.78. The minimum atomic E-state index is -0.823. The van der Waals surface area contributed by atoms with Crippen molar-refractivity contribution in [2.24, 2.45) is 0 Å². The van der Waals surface area contributed by atoms with Gasteiger partial charge in [-0.2, -0.15) is 0 Å². The molecule has 1 amide bonds. The van der Waals surface area contributed by atoms with Crippen molar-refractivity contribution in [3.63, 3.8) is 0 Å². The number of carbonyl (C=O) groups excluding carboxylic acids is 2. The third kappa shape index (κ3) is 4.69. The highest BCUT2D eigenvalue weighted by Crippen LogP contribution is 2.41. The van der Waals surface area contributed by atoms with Gasteiger partial charge in [0.25, 0.3) is 11.7 Å². The second kappa shape index (κ2) is 9.88. The van der Waals surface area contributed by atoms with Crippen LogP contribution in [0.5, 0.6) is 11.5 Å². The van der Waals surface area contributed by atoms with Gasteiger partial charge in [0.1, 0.15) is 17.3 Å². The van der Waals surface area contributed by atoms with E-state index in [1.54, 1.807) is 30.3 Å². The van der Waals surface area contributed by atoms with E-state index >= 15 is 0 Å². The lowest BCUT2D eigenvalue weighted by atomic mass is 9.95. The number of amides is 1. The number of aliphatic hydroxyl groups is 1. The van der Waals surface area contributed by atoms with Crippen molar-refractivity contribution < 1.29 is 24.5 Å². The van der Waals surface area contributed by atoms with Gasteiger partial charge in [0.2, 0.25) is 0 Å². The van der Waals surface area contributed by atoms with Crippen LogP contribution in [-0.2, 0) is 9.59 Å². The molecular formula is C24H26ClNO5. The van der Waals surface area contributed by atoms with Gasteiger partial charge in [-0.05, 0) is 49.2 Å². The Morgan fingerprint density at radius 3 is 2.58 bits per heavy atom. The number of halogens is 1. The number of ether oxygens (including phenoxy) is 1. The first-order valence-electron chi connectivity index (χ1n) is 10.4. The summed E-state index contributed by atoms with van der Waals surface area (Å²) >= 11 is 6.31. The molecule has 2 aromatic rings. The Balaban J connectivity index is 2.16. The summed E-state index contributed by atoms with van der Waals surface area (Å²) in [7, 11) is 0. The fourth-order valence-electron chi connectivity index (χ4n) is 3.77. The number of phenolic OH excluding ortho intramolecular Hbond substituents is 1. The van der Waals surface area contributed by atoms with E-state index in [0.717, 1.165) is 19.3 Å². The number of hydrogen-bond donors (Lipinski definition) is 2. The Kier molecular flexibility index (Phi) is 7.23. The molecule has 1 aliphatic rings. The number of aromatic hydroxyl groups is 1. The number of rotatable bonds is 8. The van der Waals surface area contributed by atoms with Crippen LogP contribution in [0.15, 0.2) is 48.0 Å². The molecule has 1 heterocycles. The molecule has 3 rings (SSSR count). The molecule has 0 spiro atoms. The van der Waals surface area contributed by atoms with Crippen molar-refractivity contribution in [2.75, 3.05) is 13.2 Å². The molecule has 1 fully saturated rings. The van der Waals surface area contributed by atoms with Crippen LogP contribution >= 0.6 is 11.6 Å². The highest BCUT2D eigenvalue weighted by Gasteiger charge is 2.46. The fourth-order valence-corrected chi connectivity index (χ4v) is 3.98. The van der Waals surface area contributed by atoms with E-state index in [1.165, 1.54) is 17.0 Å². The average Bonchev–Trinajstić information content (AvgIpc) is 3.00. The lowest BCUT2D eigenvalue weighted by Gasteiger charge is -2.25. The molecule has 6 nitrogen and oxygen atoms in total. The van der Waals surface area contributed by atoms with Crippen molar-refractivity contribution in [3.05, 3.63) is 64.2 Å². The minimum Gasteiger partial charge on any atom is -0.508 e. The maximum absolute atomic E-state index is 13.0. The van der Waals surface area contributed by atoms with Gasteiger partial charge < -0.3 is 19.8 Å². The Morgan fingerprint density at radius 1 is 1.13 bits per heavy atom. The molecule has 0 saturated carbocycles. The molecule has 1 atom stereocenters. The summed E-state index contributed by atoms with van der Waals surface area (Å²) in [5, 5.41) is 21.4. The Bertz CT molecular complexity index is 1020. The third-order valence-electron chi connectivity index (χ3n) is 5.23. The topological polar surface area (TPSA) is 87.1 Å². The van der Waals surface area contributed by atoms with Crippen LogP contribution in [0.2, 0.25) is 5.02 Å². The van der Waals surface area contributed by atoms with Crippen LogP contribution in [0.3, 0.4) is 0 Å². The molecule has 0 aliphatic carbocycles. The average molecular weight is 444 g/mol. The number of benzene rings is 2. The van der Waals surface area contributed by atoms with Crippen molar-refractivity contribution in [2.45, 2.75) is 39.2 Å². The van der Waals surface area contributed by atoms with Crippen molar-refractivity contribution in [1.29, 1.82) is 0 Å².